The fourth-order valence-corrected chi connectivity index (χ4v) is 3.62. The molecule has 1 atom stereocenters. The lowest BCUT2D eigenvalue weighted by molar-refractivity contribution is -0.122. The van der Waals surface area contributed by atoms with Gasteiger partial charge in [0.15, 0.2) is 0 Å². The van der Waals surface area contributed by atoms with Crippen molar-refractivity contribution in [3.8, 4) is 0 Å². The van der Waals surface area contributed by atoms with E-state index in [1.54, 1.807) is 11.3 Å². The number of aromatic nitrogens is 1. The highest BCUT2D eigenvalue weighted by molar-refractivity contribution is 7.09. The van der Waals surface area contributed by atoms with E-state index in [2.05, 4.69) is 20.5 Å². The number of pyridine rings is 1. The van der Waals surface area contributed by atoms with E-state index in [0.717, 1.165) is 37.6 Å². The van der Waals surface area contributed by atoms with Gasteiger partial charge in [0.05, 0.1) is 13.1 Å². The van der Waals surface area contributed by atoms with Gasteiger partial charge in [-0.25, -0.2) is 4.98 Å². The molecule has 2 aromatic rings. The molecule has 1 amide bonds. The molecule has 1 aliphatic rings. The minimum atomic E-state index is 0.109. The van der Waals surface area contributed by atoms with E-state index in [0.29, 0.717) is 19.0 Å². The van der Waals surface area contributed by atoms with Gasteiger partial charge >= 0.3 is 0 Å². The number of carbonyl (C=O) groups excluding carboxylic acids is 1. The zero-order valence-corrected chi connectivity index (χ0v) is 14.8. The Morgan fingerprint density at radius 2 is 2.29 bits per heavy atom. The summed E-state index contributed by atoms with van der Waals surface area (Å²) in [4.78, 5) is 19.9. The number of nitrogens with one attached hydrogen (secondary N) is 2. The van der Waals surface area contributed by atoms with Crippen molar-refractivity contribution in [2.45, 2.75) is 19.9 Å². The molecule has 24 heavy (non-hydrogen) atoms. The van der Waals surface area contributed by atoms with Crippen LogP contribution in [-0.4, -0.2) is 42.0 Å². The van der Waals surface area contributed by atoms with E-state index in [1.807, 2.05) is 42.6 Å². The zero-order valence-electron chi connectivity index (χ0n) is 14.0. The minimum absolute atomic E-state index is 0.109. The zero-order chi connectivity index (χ0) is 16.8. The summed E-state index contributed by atoms with van der Waals surface area (Å²) >= 11 is 1.67. The molecule has 0 radical (unpaired) electrons. The molecule has 3 heterocycles. The summed E-state index contributed by atoms with van der Waals surface area (Å²) in [5, 5.41) is 8.43. The summed E-state index contributed by atoms with van der Waals surface area (Å²) in [6.45, 7) is 5.98. The van der Waals surface area contributed by atoms with Crippen LogP contribution in [-0.2, 0) is 11.3 Å². The maximum atomic E-state index is 12.0. The van der Waals surface area contributed by atoms with Crippen molar-refractivity contribution in [1.29, 1.82) is 0 Å². The molecule has 2 aromatic heterocycles. The third-order valence-corrected chi connectivity index (χ3v) is 5.11. The Kier molecular flexibility index (Phi) is 5.82. The third-order valence-electron chi connectivity index (χ3n) is 4.24. The van der Waals surface area contributed by atoms with Gasteiger partial charge in [-0.1, -0.05) is 12.1 Å². The van der Waals surface area contributed by atoms with Crippen LogP contribution in [0.25, 0.3) is 0 Å². The molecule has 128 valence electrons. The van der Waals surface area contributed by atoms with Crippen molar-refractivity contribution < 1.29 is 4.79 Å². The summed E-state index contributed by atoms with van der Waals surface area (Å²) in [5.41, 5.74) is 1.02. The number of carbonyl (C=O) groups is 1. The van der Waals surface area contributed by atoms with Gasteiger partial charge < -0.3 is 10.6 Å². The molecule has 6 heteroatoms. The van der Waals surface area contributed by atoms with E-state index in [4.69, 9.17) is 0 Å². The Hall–Kier alpha value is -1.92. The molecule has 2 N–H and O–H groups in total. The first-order valence-corrected chi connectivity index (χ1v) is 9.26. The number of likely N-dealkylation sites (tertiary alicyclic amines) is 1. The van der Waals surface area contributed by atoms with Gasteiger partial charge in [0.1, 0.15) is 5.82 Å². The normalized spacial score (nSPS) is 17.8. The Balaban J connectivity index is 1.36. The topological polar surface area (TPSA) is 57.3 Å². The number of hydrogen-bond donors (Lipinski definition) is 2. The van der Waals surface area contributed by atoms with Gasteiger partial charge in [0.25, 0.3) is 0 Å². The second kappa shape index (κ2) is 8.26. The van der Waals surface area contributed by atoms with Crippen molar-refractivity contribution in [2.75, 3.05) is 31.5 Å². The van der Waals surface area contributed by atoms with E-state index in [1.165, 1.54) is 4.88 Å². The molecular weight excluding hydrogens is 320 g/mol. The third kappa shape index (κ3) is 5.04. The number of thiophene rings is 1. The maximum absolute atomic E-state index is 12.0. The first-order chi connectivity index (χ1) is 11.7. The molecule has 0 spiro atoms. The summed E-state index contributed by atoms with van der Waals surface area (Å²) < 4.78 is 0. The largest absolute Gasteiger partial charge is 0.370 e. The van der Waals surface area contributed by atoms with Crippen LogP contribution in [0, 0.1) is 12.8 Å². The van der Waals surface area contributed by atoms with Crippen LogP contribution < -0.4 is 10.6 Å². The molecule has 0 bridgehead atoms. The van der Waals surface area contributed by atoms with Crippen LogP contribution in [0.15, 0.2) is 35.7 Å². The number of nitrogens with zero attached hydrogens (tertiary/aromatic N) is 2. The maximum Gasteiger partial charge on any atom is 0.234 e. The molecular formula is C18H24N4OS. The molecule has 1 saturated heterocycles. The van der Waals surface area contributed by atoms with Crippen LogP contribution in [0.4, 0.5) is 5.82 Å². The van der Waals surface area contributed by atoms with Gasteiger partial charge in [-0.05, 0) is 49.4 Å². The molecule has 0 aliphatic carbocycles. The standard InChI is InChI=1S/C18H24N4OS/c1-14-4-2-6-17(21-14)19-10-15-7-8-22(12-15)13-18(23)20-11-16-5-3-9-24-16/h2-6,9,15H,7-8,10-13H2,1H3,(H,19,21)(H,20,23)/t15-/m1/s1. The van der Waals surface area contributed by atoms with Crippen molar-refractivity contribution in [1.82, 2.24) is 15.2 Å². The average Bonchev–Trinajstić information content (AvgIpc) is 3.23. The van der Waals surface area contributed by atoms with Crippen molar-refractivity contribution in [3.63, 3.8) is 0 Å². The summed E-state index contributed by atoms with van der Waals surface area (Å²) in [5.74, 6) is 1.61. The number of amides is 1. The average molecular weight is 344 g/mol. The van der Waals surface area contributed by atoms with Gasteiger partial charge in [-0.3, -0.25) is 9.69 Å². The summed E-state index contributed by atoms with van der Waals surface area (Å²) in [6, 6.07) is 10.1. The molecule has 3 rings (SSSR count). The van der Waals surface area contributed by atoms with Gasteiger partial charge in [-0.2, -0.15) is 0 Å². The highest BCUT2D eigenvalue weighted by Gasteiger charge is 2.23. The number of hydrogen-bond acceptors (Lipinski definition) is 5. The molecule has 0 unspecified atom stereocenters. The van der Waals surface area contributed by atoms with Crippen molar-refractivity contribution in [3.05, 3.63) is 46.3 Å². The first-order valence-electron chi connectivity index (χ1n) is 8.38. The molecule has 1 aliphatic heterocycles. The highest BCUT2D eigenvalue weighted by atomic mass is 32.1. The molecule has 0 aromatic carbocycles. The Labute approximate surface area is 147 Å². The SMILES string of the molecule is Cc1cccc(NC[C@H]2CCN(CC(=O)NCc3cccs3)C2)n1. The second-order valence-corrected chi connectivity index (χ2v) is 7.32. The van der Waals surface area contributed by atoms with Crippen LogP contribution in [0.1, 0.15) is 17.0 Å². The predicted molar refractivity (Wildman–Crippen MR) is 98.2 cm³/mol. The van der Waals surface area contributed by atoms with E-state index >= 15 is 0 Å². The van der Waals surface area contributed by atoms with Crippen LogP contribution >= 0.6 is 11.3 Å². The lowest BCUT2D eigenvalue weighted by atomic mass is 10.1. The first kappa shape index (κ1) is 16.9. The smallest absolute Gasteiger partial charge is 0.234 e. The molecule has 0 saturated carbocycles. The van der Waals surface area contributed by atoms with Crippen molar-refractivity contribution in [2.24, 2.45) is 5.92 Å². The predicted octanol–water partition coefficient (Wildman–Crippen LogP) is 2.50. The molecule has 5 nitrogen and oxygen atoms in total. The summed E-state index contributed by atoms with van der Waals surface area (Å²) in [7, 11) is 0. The Bertz CT molecular complexity index is 659. The van der Waals surface area contributed by atoms with Crippen LogP contribution in [0.2, 0.25) is 0 Å². The minimum Gasteiger partial charge on any atom is -0.370 e. The van der Waals surface area contributed by atoms with Gasteiger partial charge in [0, 0.05) is 23.7 Å². The number of rotatable bonds is 7. The van der Waals surface area contributed by atoms with Crippen LogP contribution in [0.5, 0.6) is 0 Å². The van der Waals surface area contributed by atoms with Crippen LogP contribution in [0.3, 0.4) is 0 Å². The quantitative estimate of drug-likeness (QED) is 0.810. The Morgan fingerprint density at radius 1 is 1.38 bits per heavy atom. The number of aryl methyl sites for hydroxylation is 1. The second-order valence-electron chi connectivity index (χ2n) is 6.29. The fraction of sp³-hybridized carbons (Fsp3) is 0.444. The van der Waals surface area contributed by atoms with Gasteiger partial charge in [-0.15, -0.1) is 11.3 Å². The van der Waals surface area contributed by atoms with E-state index in [9.17, 15) is 4.79 Å². The summed E-state index contributed by atoms with van der Waals surface area (Å²) in [6.07, 6.45) is 1.12. The van der Waals surface area contributed by atoms with Gasteiger partial charge in [0.2, 0.25) is 5.91 Å². The Morgan fingerprint density at radius 3 is 3.08 bits per heavy atom. The lowest BCUT2D eigenvalue weighted by Crippen LogP contribution is -2.36. The molecule has 1 fully saturated rings. The van der Waals surface area contributed by atoms with Crippen molar-refractivity contribution >= 4 is 23.1 Å². The highest BCUT2D eigenvalue weighted by Crippen LogP contribution is 2.17. The number of anilines is 1. The van der Waals surface area contributed by atoms with E-state index in [-0.39, 0.29) is 5.91 Å². The lowest BCUT2D eigenvalue weighted by Gasteiger charge is -2.16. The monoisotopic (exact) mass is 344 g/mol. The van der Waals surface area contributed by atoms with E-state index < -0.39 is 0 Å². The fourth-order valence-electron chi connectivity index (χ4n) is 2.97.